The molecule has 3 nitrogen and oxygen atoms in total. The van der Waals surface area contributed by atoms with Crippen molar-refractivity contribution in [1.82, 2.24) is 5.32 Å². The van der Waals surface area contributed by atoms with Crippen LogP contribution in [0.3, 0.4) is 0 Å². The van der Waals surface area contributed by atoms with Crippen LogP contribution in [-0.2, 0) is 0 Å². The summed E-state index contributed by atoms with van der Waals surface area (Å²) in [6.45, 7) is 0. The molecule has 0 aliphatic rings. The monoisotopic (exact) mass is 274 g/mol. The van der Waals surface area contributed by atoms with Crippen molar-refractivity contribution in [3.8, 4) is 0 Å². The summed E-state index contributed by atoms with van der Waals surface area (Å²) in [5.74, 6) is -0.718. The van der Waals surface area contributed by atoms with E-state index in [0.717, 1.165) is 0 Å². The fraction of sp³-hybridized carbons (Fsp3) is 0. The van der Waals surface area contributed by atoms with Crippen molar-refractivity contribution < 1.29 is 13.6 Å². The highest BCUT2D eigenvalue weighted by Crippen LogP contribution is 2.08. The Kier molecular flexibility index (Phi) is 4.44. The highest BCUT2D eigenvalue weighted by molar-refractivity contribution is 5.90. The van der Waals surface area contributed by atoms with Gasteiger partial charge in [0.25, 0.3) is 0 Å². The van der Waals surface area contributed by atoms with E-state index in [1.165, 1.54) is 42.6 Å². The molecule has 0 saturated heterocycles. The number of hydrogen-bond donors (Lipinski definition) is 2. The van der Waals surface area contributed by atoms with Gasteiger partial charge in [-0.05, 0) is 48.0 Å². The Morgan fingerprint density at radius 3 is 2.45 bits per heavy atom. The molecular formula is C15H12F2N2O. The standard InChI is InChI=1S/C15H12F2N2O/c16-12-4-6-14(7-5-12)19-15(20)18-9-8-11-2-1-3-13(17)10-11/h1-10H,(H2,18,19,20)/b9-8+. The van der Waals surface area contributed by atoms with Crippen molar-refractivity contribution in [2.24, 2.45) is 0 Å². The maximum Gasteiger partial charge on any atom is 0.323 e. The first-order chi connectivity index (χ1) is 9.63. The van der Waals surface area contributed by atoms with Crippen LogP contribution < -0.4 is 10.6 Å². The van der Waals surface area contributed by atoms with E-state index in [1.807, 2.05) is 0 Å². The van der Waals surface area contributed by atoms with Gasteiger partial charge < -0.3 is 10.6 Å². The first kappa shape index (κ1) is 13.7. The molecular weight excluding hydrogens is 262 g/mol. The van der Waals surface area contributed by atoms with E-state index in [2.05, 4.69) is 10.6 Å². The number of carbonyl (C=O) groups is 1. The SMILES string of the molecule is O=C(N/C=C/c1cccc(F)c1)Nc1ccc(F)cc1. The lowest BCUT2D eigenvalue weighted by atomic mass is 10.2. The maximum atomic E-state index is 12.9. The highest BCUT2D eigenvalue weighted by Gasteiger charge is 1.99. The van der Waals surface area contributed by atoms with E-state index >= 15 is 0 Å². The first-order valence-corrected chi connectivity index (χ1v) is 5.89. The van der Waals surface area contributed by atoms with Crippen LogP contribution >= 0.6 is 0 Å². The van der Waals surface area contributed by atoms with Crippen LogP contribution in [0.2, 0.25) is 0 Å². The molecule has 102 valence electrons. The van der Waals surface area contributed by atoms with E-state index in [-0.39, 0.29) is 11.6 Å². The number of anilines is 1. The molecule has 0 atom stereocenters. The lowest BCUT2D eigenvalue weighted by molar-refractivity contribution is 0.255. The van der Waals surface area contributed by atoms with Gasteiger partial charge in [-0.3, -0.25) is 0 Å². The van der Waals surface area contributed by atoms with Crippen molar-refractivity contribution in [3.05, 3.63) is 71.9 Å². The van der Waals surface area contributed by atoms with Gasteiger partial charge in [-0.25, -0.2) is 13.6 Å². The van der Waals surface area contributed by atoms with Crippen molar-refractivity contribution in [2.45, 2.75) is 0 Å². The summed E-state index contributed by atoms with van der Waals surface area (Å²) in [5, 5.41) is 4.99. The molecule has 0 aromatic heterocycles. The second kappa shape index (κ2) is 6.47. The molecule has 0 aliphatic carbocycles. The number of carbonyl (C=O) groups excluding carboxylic acids is 1. The smallest absolute Gasteiger partial charge is 0.314 e. The van der Waals surface area contributed by atoms with Gasteiger partial charge in [0, 0.05) is 11.9 Å². The topological polar surface area (TPSA) is 41.1 Å². The first-order valence-electron chi connectivity index (χ1n) is 5.89. The van der Waals surface area contributed by atoms with Crippen LogP contribution in [0.4, 0.5) is 19.3 Å². The Morgan fingerprint density at radius 2 is 1.75 bits per heavy atom. The van der Waals surface area contributed by atoms with Gasteiger partial charge >= 0.3 is 6.03 Å². The van der Waals surface area contributed by atoms with Crippen molar-refractivity contribution in [1.29, 1.82) is 0 Å². The lowest BCUT2D eigenvalue weighted by Gasteiger charge is -2.04. The molecule has 0 heterocycles. The third-order valence-corrected chi connectivity index (χ3v) is 2.44. The summed E-state index contributed by atoms with van der Waals surface area (Å²) in [6.07, 6.45) is 2.96. The summed E-state index contributed by atoms with van der Waals surface area (Å²) in [7, 11) is 0. The van der Waals surface area contributed by atoms with E-state index in [4.69, 9.17) is 0 Å². The van der Waals surface area contributed by atoms with Crippen LogP contribution in [0.5, 0.6) is 0 Å². The molecule has 0 radical (unpaired) electrons. The van der Waals surface area contributed by atoms with Crippen LogP contribution in [-0.4, -0.2) is 6.03 Å². The fourth-order valence-corrected chi connectivity index (χ4v) is 1.52. The summed E-state index contributed by atoms with van der Waals surface area (Å²) in [5.41, 5.74) is 1.11. The second-order valence-electron chi connectivity index (χ2n) is 3.99. The Morgan fingerprint density at radius 1 is 1.00 bits per heavy atom. The minimum Gasteiger partial charge on any atom is -0.314 e. The largest absolute Gasteiger partial charge is 0.323 e. The van der Waals surface area contributed by atoms with E-state index < -0.39 is 6.03 Å². The zero-order chi connectivity index (χ0) is 14.4. The van der Waals surface area contributed by atoms with Gasteiger partial charge in [0.15, 0.2) is 0 Å². The third-order valence-electron chi connectivity index (χ3n) is 2.44. The van der Waals surface area contributed by atoms with Crippen molar-refractivity contribution in [3.63, 3.8) is 0 Å². The molecule has 2 aromatic carbocycles. The molecule has 0 aliphatic heterocycles. The van der Waals surface area contributed by atoms with Gasteiger partial charge in [-0.2, -0.15) is 0 Å². The summed E-state index contributed by atoms with van der Waals surface area (Å²) < 4.78 is 25.6. The Bertz CT molecular complexity index is 624. The maximum absolute atomic E-state index is 12.9. The minimum absolute atomic E-state index is 0.345. The summed E-state index contributed by atoms with van der Waals surface area (Å²) in [4.78, 5) is 11.5. The Hall–Kier alpha value is -2.69. The molecule has 5 heteroatoms. The van der Waals surface area contributed by atoms with Gasteiger partial charge in [0.2, 0.25) is 0 Å². The molecule has 2 N–H and O–H groups in total. The zero-order valence-corrected chi connectivity index (χ0v) is 10.4. The lowest BCUT2D eigenvalue weighted by Crippen LogP contribution is -2.23. The number of rotatable bonds is 3. The zero-order valence-electron chi connectivity index (χ0n) is 10.4. The Balaban J connectivity index is 1.87. The van der Waals surface area contributed by atoms with Crippen LogP contribution in [0.1, 0.15) is 5.56 Å². The van der Waals surface area contributed by atoms with Gasteiger partial charge in [0.05, 0.1) is 0 Å². The molecule has 0 fully saturated rings. The molecule has 2 aromatic rings. The predicted octanol–water partition coefficient (Wildman–Crippen LogP) is 3.76. The number of urea groups is 1. The van der Waals surface area contributed by atoms with Crippen LogP contribution in [0.25, 0.3) is 6.08 Å². The number of nitrogens with one attached hydrogen (secondary N) is 2. The fourth-order valence-electron chi connectivity index (χ4n) is 1.52. The molecule has 0 unspecified atom stereocenters. The molecule has 20 heavy (non-hydrogen) atoms. The number of hydrogen-bond acceptors (Lipinski definition) is 1. The van der Waals surface area contributed by atoms with E-state index in [9.17, 15) is 13.6 Å². The molecule has 2 rings (SSSR count). The summed E-state index contributed by atoms with van der Waals surface area (Å²) >= 11 is 0. The quantitative estimate of drug-likeness (QED) is 0.879. The number of amides is 2. The molecule has 0 spiro atoms. The summed E-state index contributed by atoms with van der Waals surface area (Å²) in [6, 6.07) is 10.9. The van der Waals surface area contributed by atoms with Crippen LogP contribution in [0, 0.1) is 11.6 Å². The normalized spacial score (nSPS) is 10.5. The van der Waals surface area contributed by atoms with Gasteiger partial charge in [0.1, 0.15) is 11.6 Å². The molecule has 2 amide bonds. The third kappa shape index (κ3) is 4.20. The van der Waals surface area contributed by atoms with Gasteiger partial charge in [-0.1, -0.05) is 12.1 Å². The van der Waals surface area contributed by atoms with E-state index in [1.54, 1.807) is 18.2 Å². The van der Waals surface area contributed by atoms with Crippen molar-refractivity contribution >= 4 is 17.8 Å². The average molecular weight is 274 g/mol. The van der Waals surface area contributed by atoms with Crippen molar-refractivity contribution in [2.75, 3.05) is 5.32 Å². The van der Waals surface area contributed by atoms with E-state index in [0.29, 0.717) is 11.3 Å². The molecule has 0 bridgehead atoms. The Labute approximate surface area is 114 Å². The highest BCUT2D eigenvalue weighted by atomic mass is 19.1. The van der Waals surface area contributed by atoms with Gasteiger partial charge in [-0.15, -0.1) is 0 Å². The predicted molar refractivity (Wildman–Crippen MR) is 74.0 cm³/mol. The van der Waals surface area contributed by atoms with Crippen LogP contribution in [0.15, 0.2) is 54.7 Å². The molecule has 0 saturated carbocycles. The number of benzene rings is 2. The second-order valence-corrected chi connectivity index (χ2v) is 3.99. The number of halogens is 2. The average Bonchev–Trinajstić information content (AvgIpc) is 2.41. The minimum atomic E-state index is -0.468.